The van der Waals surface area contributed by atoms with Crippen LogP contribution in [0.3, 0.4) is 0 Å². The molecule has 0 spiro atoms. The molecule has 0 saturated carbocycles. The van der Waals surface area contributed by atoms with Crippen LogP contribution < -0.4 is 0 Å². The lowest BCUT2D eigenvalue weighted by Gasteiger charge is -2.14. The first-order valence-electron chi connectivity index (χ1n) is 6.40. The standard InChI is InChI=1S/C16H14BrClO/c17-13-6-7-14(15(18)9-13)16(19)12-5-4-10-2-1-3-11(10)8-12/h4-9,16,19H,1-3H2. The van der Waals surface area contributed by atoms with E-state index in [1.165, 1.54) is 17.5 Å². The number of fused-ring (bicyclic) bond motifs is 1. The molecule has 0 bridgehead atoms. The summed E-state index contributed by atoms with van der Waals surface area (Å²) >= 11 is 9.58. The van der Waals surface area contributed by atoms with Crippen LogP contribution in [-0.2, 0) is 12.8 Å². The summed E-state index contributed by atoms with van der Waals surface area (Å²) in [5, 5.41) is 11.1. The lowest BCUT2D eigenvalue weighted by molar-refractivity contribution is 0.220. The minimum atomic E-state index is -0.661. The Kier molecular flexibility index (Phi) is 3.66. The van der Waals surface area contributed by atoms with Gasteiger partial charge in [0.25, 0.3) is 0 Å². The van der Waals surface area contributed by atoms with E-state index in [4.69, 9.17) is 11.6 Å². The molecule has 1 N–H and O–H groups in total. The first kappa shape index (κ1) is 13.2. The maximum atomic E-state index is 10.5. The molecular weight excluding hydrogens is 324 g/mol. The zero-order chi connectivity index (χ0) is 13.4. The van der Waals surface area contributed by atoms with Crippen molar-refractivity contribution in [2.45, 2.75) is 25.4 Å². The van der Waals surface area contributed by atoms with Gasteiger partial charge in [-0.25, -0.2) is 0 Å². The van der Waals surface area contributed by atoms with Gasteiger partial charge in [-0.15, -0.1) is 0 Å². The van der Waals surface area contributed by atoms with Crippen molar-refractivity contribution in [1.82, 2.24) is 0 Å². The van der Waals surface area contributed by atoms with Crippen LogP contribution in [0.2, 0.25) is 5.02 Å². The van der Waals surface area contributed by atoms with Crippen molar-refractivity contribution in [3.8, 4) is 0 Å². The number of halogens is 2. The molecule has 1 aliphatic rings. The smallest absolute Gasteiger partial charge is 0.105 e. The predicted molar refractivity (Wildman–Crippen MR) is 81.7 cm³/mol. The van der Waals surface area contributed by atoms with E-state index in [1.807, 2.05) is 24.3 Å². The molecule has 1 atom stereocenters. The van der Waals surface area contributed by atoms with E-state index in [-0.39, 0.29) is 0 Å². The van der Waals surface area contributed by atoms with Gasteiger partial charge in [-0.05, 0) is 48.1 Å². The Morgan fingerprint density at radius 2 is 1.84 bits per heavy atom. The molecule has 3 rings (SSSR count). The number of aliphatic hydroxyl groups is 1. The van der Waals surface area contributed by atoms with Gasteiger partial charge in [0.15, 0.2) is 0 Å². The van der Waals surface area contributed by atoms with Gasteiger partial charge < -0.3 is 5.11 Å². The highest BCUT2D eigenvalue weighted by atomic mass is 79.9. The molecule has 0 amide bonds. The first-order chi connectivity index (χ1) is 9.15. The van der Waals surface area contributed by atoms with Gasteiger partial charge in [0.05, 0.1) is 0 Å². The molecule has 0 heterocycles. The van der Waals surface area contributed by atoms with E-state index in [0.717, 1.165) is 28.4 Å². The molecular formula is C16H14BrClO. The molecule has 98 valence electrons. The van der Waals surface area contributed by atoms with Gasteiger partial charge in [0, 0.05) is 15.1 Å². The summed E-state index contributed by atoms with van der Waals surface area (Å²) in [6, 6.07) is 11.8. The highest BCUT2D eigenvalue weighted by molar-refractivity contribution is 9.10. The number of hydrogen-bond donors (Lipinski definition) is 1. The van der Waals surface area contributed by atoms with E-state index in [2.05, 4.69) is 28.1 Å². The number of benzene rings is 2. The second kappa shape index (κ2) is 5.28. The number of hydrogen-bond acceptors (Lipinski definition) is 1. The van der Waals surface area contributed by atoms with Gasteiger partial charge in [-0.1, -0.05) is 51.8 Å². The van der Waals surface area contributed by atoms with Crippen LogP contribution in [0.1, 0.15) is 34.8 Å². The largest absolute Gasteiger partial charge is 0.384 e. The lowest BCUT2D eigenvalue weighted by Crippen LogP contribution is -2.01. The molecule has 0 fully saturated rings. The molecule has 2 aromatic rings. The first-order valence-corrected chi connectivity index (χ1v) is 7.57. The molecule has 1 aliphatic carbocycles. The molecule has 3 heteroatoms. The predicted octanol–water partition coefficient (Wildman–Crippen LogP) is 4.67. The fourth-order valence-electron chi connectivity index (χ4n) is 2.66. The summed E-state index contributed by atoms with van der Waals surface area (Å²) in [5.41, 5.74) is 4.45. The van der Waals surface area contributed by atoms with E-state index < -0.39 is 6.10 Å². The van der Waals surface area contributed by atoms with Gasteiger partial charge in [-0.2, -0.15) is 0 Å². The van der Waals surface area contributed by atoms with Crippen LogP contribution in [-0.4, -0.2) is 5.11 Å². The van der Waals surface area contributed by atoms with Crippen molar-refractivity contribution in [3.63, 3.8) is 0 Å². The summed E-state index contributed by atoms with van der Waals surface area (Å²) < 4.78 is 0.919. The molecule has 1 unspecified atom stereocenters. The molecule has 0 radical (unpaired) electrons. The van der Waals surface area contributed by atoms with E-state index in [0.29, 0.717) is 5.02 Å². The summed E-state index contributed by atoms with van der Waals surface area (Å²) in [7, 11) is 0. The number of rotatable bonds is 2. The van der Waals surface area contributed by atoms with E-state index >= 15 is 0 Å². The third kappa shape index (κ3) is 2.58. The zero-order valence-corrected chi connectivity index (χ0v) is 12.7. The number of aryl methyl sites for hydroxylation is 2. The van der Waals surface area contributed by atoms with Crippen molar-refractivity contribution >= 4 is 27.5 Å². The molecule has 0 aliphatic heterocycles. The van der Waals surface area contributed by atoms with Crippen LogP contribution >= 0.6 is 27.5 Å². The summed E-state index contributed by atoms with van der Waals surface area (Å²) in [6.45, 7) is 0. The van der Waals surface area contributed by atoms with Crippen molar-refractivity contribution in [2.24, 2.45) is 0 Å². The molecule has 0 aromatic heterocycles. The Bertz CT molecular complexity index is 624. The minimum absolute atomic E-state index is 0.586. The number of aliphatic hydroxyl groups excluding tert-OH is 1. The maximum absolute atomic E-state index is 10.5. The Morgan fingerprint density at radius 1 is 1.05 bits per heavy atom. The Labute approximate surface area is 126 Å². The van der Waals surface area contributed by atoms with Crippen LogP contribution in [0.4, 0.5) is 0 Å². The fraction of sp³-hybridized carbons (Fsp3) is 0.250. The summed E-state index contributed by atoms with van der Waals surface area (Å²) in [6.07, 6.45) is 2.83. The monoisotopic (exact) mass is 336 g/mol. The molecule has 19 heavy (non-hydrogen) atoms. The highest BCUT2D eigenvalue weighted by Gasteiger charge is 2.17. The Morgan fingerprint density at radius 3 is 2.63 bits per heavy atom. The van der Waals surface area contributed by atoms with Gasteiger partial charge in [-0.3, -0.25) is 0 Å². The fourth-order valence-corrected chi connectivity index (χ4v) is 3.44. The van der Waals surface area contributed by atoms with Crippen LogP contribution in [0, 0.1) is 0 Å². The zero-order valence-electron chi connectivity index (χ0n) is 10.4. The molecule has 0 saturated heterocycles. The van der Waals surface area contributed by atoms with E-state index in [9.17, 15) is 5.11 Å². The maximum Gasteiger partial charge on any atom is 0.105 e. The summed E-state index contributed by atoms with van der Waals surface area (Å²) in [5.74, 6) is 0. The van der Waals surface area contributed by atoms with E-state index in [1.54, 1.807) is 0 Å². The van der Waals surface area contributed by atoms with Crippen molar-refractivity contribution in [3.05, 3.63) is 68.1 Å². The third-order valence-corrected chi connectivity index (χ3v) is 4.52. The van der Waals surface area contributed by atoms with Crippen molar-refractivity contribution in [2.75, 3.05) is 0 Å². The average molecular weight is 338 g/mol. The van der Waals surface area contributed by atoms with Crippen molar-refractivity contribution in [1.29, 1.82) is 0 Å². The Hall–Kier alpha value is -0.830. The van der Waals surface area contributed by atoms with Crippen LogP contribution in [0.5, 0.6) is 0 Å². The van der Waals surface area contributed by atoms with Crippen LogP contribution in [0.15, 0.2) is 40.9 Å². The lowest BCUT2D eigenvalue weighted by atomic mass is 9.98. The van der Waals surface area contributed by atoms with Gasteiger partial charge >= 0.3 is 0 Å². The molecule has 2 aromatic carbocycles. The van der Waals surface area contributed by atoms with Gasteiger partial charge in [0.1, 0.15) is 6.10 Å². The second-order valence-electron chi connectivity index (χ2n) is 4.95. The second-order valence-corrected chi connectivity index (χ2v) is 6.27. The van der Waals surface area contributed by atoms with Gasteiger partial charge in [0.2, 0.25) is 0 Å². The quantitative estimate of drug-likeness (QED) is 0.844. The third-order valence-electron chi connectivity index (χ3n) is 3.70. The van der Waals surface area contributed by atoms with Crippen molar-refractivity contribution < 1.29 is 5.11 Å². The highest BCUT2D eigenvalue weighted by Crippen LogP contribution is 2.32. The average Bonchev–Trinajstić information content (AvgIpc) is 2.85. The Balaban J connectivity index is 1.97. The SMILES string of the molecule is OC(c1ccc2c(c1)CCC2)c1ccc(Br)cc1Cl. The minimum Gasteiger partial charge on any atom is -0.384 e. The molecule has 1 nitrogen and oxygen atoms in total. The normalized spacial score (nSPS) is 15.3. The topological polar surface area (TPSA) is 20.2 Å². The van der Waals surface area contributed by atoms with Crippen LogP contribution in [0.25, 0.3) is 0 Å². The summed E-state index contributed by atoms with van der Waals surface area (Å²) in [4.78, 5) is 0.